The van der Waals surface area contributed by atoms with E-state index < -0.39 is 0 Å². The highest BCUT2D eigenvalue weighted by molar-refractivity contribution is 6.04. The molecule has 0 unspecified atom stereocenters. The first kappa shape index (κ1) is 17.2. The lowest BCUT2D eigenvalue weighted by Crippen LogP contribution is -2.18. The van der Waals surface area contributed by atoms with Crippen LogP contribution >= 0.6 is 0 Å². The van der Waals surface area contributed by atoms with Gasteiger partial charge in [-0.05, 0) is 49.9 Å². The number of anilines is 3. The van der Waals surface area contributed by atoms with Crippen LogP contribution in [0.4, 0.5) is 17.3 Å². The first-order valence-electron chi connectivity index (χ1n) is 9.09. The minimum Gasteiger partial charge on any atom is -0.321 e. The topological polar surface area (TPSA) is 58.1 Å². The summed E-state index contributed by atoms with van der Waals surface area (Å²) in [5.41, 5.74) is 7.02. The van der Waals surface area contributed by atoms with Crippen LogP contribution in [0.2, 0.25) is 0 Å². The van der Waals surface area contributed by atoms with E-state index in [9.17, 15) is 4.79 Å². The third kappa shape index (κ3) is 3.28. The molecule has 0 aliphatic carbocycles. The Hall–Kier alpha value is -3.21. The first-order chi connectivity index (χ1) is 13.0. The number of para-hydroxylation sites is 1. The zero-order valence-electron chi connectivity index (χ0n) is 15.8. The van der Waals surface area contributed by atoms with Gasteiger partial charge in [-0.1, -0.05) is 35.9 Å². The number of benzene rings is 2. The van der Waals surface area contributed by atoms with Crippen LogP contribution in [-0.2, 0) is 6.42 Å². The number of carbonyl (C=O) groups excluding carboxylic acids is 1. The van der Waals surface area contributed by atoms with Crippen LogP contribution < -0.4 is 10.2 Å². The average molecular weight is 358 g/mol. The van der Waals surface area contributed by atoms with Gasteiger partial charge in [0.2, 0.25) is 5.95 Å². The number of rotatable bonds is 3. The summed E-state index contributed by atoms with van der Waals surface area (Å²) >= 11 is 0. The highest BCUT2D eigenvalue weighted by atomic mass is 16.1. The summed E-state index contributed by atoms with van der Waals surface area (Å²) in [5, 5.41) is 2.99. The van der Waals surface area contributed by atoms with E-state index in [0.717, 1.165) is 35.5 Å². The Balaban J connectivity index is 1.54. The van der Waals surface area contributed by atoms with Crippen LogP contribution in [-0.4, -0.2) is 22.4 Å². The number of fused-ring (bicyclic) bond motifs is 1. The Morgan fingerprint density at radius 3 is 2.41 bits per heavy atom. The van der Waals surface area contributed by atoms with Gasteiger partial charge in [0.05, 0.1) is 5.56 Å². The highest BCUT2D eigenvalue weighted by Crippen LogP contribution is 2.32. The molecule has 0 bridgehead atoms. The van der Waals surface area contributed by atoms with Crippen molar-refractivity contribution in [2.45, 2.75) is 27.2 Å². The molecule has 0 saturated heterocycles. The lowest BCUT2D eigenvalue weighted by molar-refractivity contribution is 0.102. The zero-order chi connectivity index (χ0) is 19.0. The monoisotopic (exact) mass is 358 g/mol. The van der Waals surface area contributed by atoms with E-state index in [-0.39, 0.29) is 5.91 Å². The largest absolute Gasteiger partial charge is 0.321 e. The van der Waals surface area contributed by atoms with Crippen LogP contribution in [0.5, 0.6) is 0 Å². The van der Waals surface area contributed by atoms with E-state index in [1.165, 1.54) is 11.1 Å². The maximum absolute atomic E-state index is 12.6. The van der Waals surface area contributed by atoms with Crippen molar-refractivity contribution < 1.29 is 4.79 Å². The van der Waals surface area contributed by atoms with Gasteiger partial charge in [0.15, 0.2) is 0 Å². The molecule has 2 heterocycles. The summed E-state index contributed by atoms with van der Waals surface area (Å²) in [6.07, 6.45) is 4.17. The fraction of sp³-hybridized carbons (Fsp3) is 0.227. The van der Waals surface area contributed by atoms with Crippen LogP contribution in [0, 0.1) is 20.8 Å². The molecule has 3 aromatic rings. The number of hydrogen-bond donors (Lipinski definition) is 1. The van der Waals surface area contributed by atoms with Crippen LogP contribution in [0.25, 0.3) is 0 Å². The molecule has 1 aliphatic heterocycles. The molecule has 2 aromatic carbocycles. The molecule has 5 heteroatoms. The second-order valence-corrected chi connectivity index (χ2v) is 7.03. The van der Waals surface area contributed by atoms with E-state index in [2.05, 4.69) is 51.4 Å². The normalized spacial score (nSPS) is 12.8. The maximum atomic E-state index is 12.6. The number of hydrogen-bond acceptors (Lipinski definition) is 4. The number of amides is 1. The van der Waals surface area contributed by atoms with E-state index >= 15 is 0 Å². The molecular weight excluding hydrogens is 336 g/mol. The third-order valence-electron chi connectivity index (χ3n) is 4.94. The number of carbonyl (C=O) groups is 1. The fourth-order valence-electron chi connectivity index (χ4n) is 3.69. The van der Waals surface area contributed by atoms with Crippen molar-refractivity contribution in [2.75, 3.05) is 16.8 Å². The molecule has 0 radical (unpaired) electrons. The fourth-order valence-corrected chi connectivity index (χ4v) is 3.69. The number of nitrogens with zero attached hydrogens (tertiary/aromatic N) is 3. The van der Waals surface area contributed by atoms with Gasteiger partial charge < -0.3 is 10.2 Å². The van der Waals surface area contributed by atoms with Crippen molar-refractivity contribution >= 4 is 23.2 Å². The molecule has 136 valence electrons. The summed E-state index contributed by atoms with van der Waals surface area (Å²) < 4.78 is 0. The number of aromatic nitrogens is 2. The molecule has 0 atom stereocenters. The smallest absolute Gasteiger partial charge is 0.258 e. The van der Waals surface area contributed by atoms with Gasteiger partial charge >= 0.3 is 0 Å². The van der Waals surface area contributed by atoms with Gasteiger partial charge in [0.1, 0.15) is 0 Å². The Kier molecular flexibility index (Phi) is 4.36. The van der Waals surface area contributed by atoms with Crippen molar-refractivity contribution in [3.63, 3.8) is 0 Å². The summed E-state index contributed by atoms with van der Waals surface area (Å²) in [7, 11) is 0. The Morgan fingerprint density at radius 1 is 1.04 bits per heavy atom. The van der Waals surface area contributed by atoms with Crippen LogP contribution in [0.15, 0.2) is 48.8 Å². The quantitative estimate of drug-likeness (QED) is 0.756. The van der Waals surface area contributed by atoms with E-state index in [1.54, 1.807) is 12.4 Å². The second kappa shape index (κ2) is 6.83. The second-order valence-electron chi connectivity index (χ2n) is 7.03. The summed E-state index contributed by atoms with van der Waals surface area (Å²) in [6, 6.07) is 12.4. The summed E-state index contributed by atoms with van der Waals surface area (Å²) in [4.78, 5) is 23.6. The first-order valence-corrected chi connectivity index (χ1v) is 9.09. The number of aryl methyl sites for hydroxylation is 3. The molecule has 1 aliphatic rings. The predicted molar refractivity (Wildman–Crippen MR) is 108 cm³/mol. The average Bonchev–Trinajstić information content (AvgIpc) is 3.09. The van der Waals surface area contributed by atoms with Crippen LogP contribution in [0.1, 0.15) is 32.6 Å². The molecule has 0 fully saturated rings. The lowest BCUT2D eigenvalue weighted by Gasteiger charge is -2.17. The van der Waals surface area contributed by atoms with Gasteiger partial charge in [0, 0.05) is 30.3 Å². The third-order valence-corrected chi connectivity index (χ3v) is 4.94. The molecule has 1 aromatic heterocycles. The van der Waals surface area contributed by atoms with Gasteiger partial charge in [-0.15, -0.1) is 0 Å². The van der Waals surface area contributed by atoms with E-state index in [4.69, 9.17) is 0 Å². The van der Waals surface area contributed by atoms with Gasteiger partial charge in [-0.3, -0.25) is 4.79 Å². The Morgan fingerprint density at radius 2 is 1.70 bits per heavy atom. The van der Waals surface area contributed by atoms with Crippen molar-refractivity contribution in [1.82, 2.24) is 9.97 Å². The van der Waals surface area contributed by atoms with Crippen LogP contribution in [0.3, 0.4) is 0 Å². The number of nitrogens with one attached hydrogen (secondary N) is 1. The van der Waals surface area contributed by atoms with Crippen molar-refractivity contribution in [3.8, 4) is 0 Å². The van der Waals surface area contributed by atoms with Crippen molar-refractivity contribution in [1.29, 1.82) is 0 Å². The van der Waals surface area contributed by atoms with Crippen molar-refractivity contribution in [2.24, 2.45) is 0 Å². The molecule has 5 nitrogen and oxygen atoms in total. The lowest BCUT2D eigenvalue weighted by atomic mass is 10.0. The van der Waals surface area contributed by atoms with E-state index in [0.29, 0.717) is 11.5 Å². The zero-order valence-corrected chi connectivity index (χ0v) is 15.8. The van der Waals surface area contributed by atoms with Gasteiger partial charge in [-0.2, -0.15) is 0 Å². The molecule has 4 rings (SSSR count). The van der Waals surface area contributed by atoms with E-state index in [1.807, 2.05) is 26.0 Å². The van der Waals surface area contributed by atoms with Crippen molar-refractivity contribution in [3.05, 3.63) is 76.6 Å². The SMILES string of the molecule is Cc1cc(C)c(NC(=O)c2cnc(N3CCc4ccccc43)nc2)c(C)c1. The van der Waals surface area contributed by atoms with Gasteiger partial charge in [-0.25, -0.2) is 9.97 Å². The molecule has 0 spiro atoms. The standard InChI is InChI=1S/C22H22N4O/c1-14-10-15(2)20(16(3)11-14)25-21(27)18-12-23-22(24-13-18)26-9-8-17-6-4-5-7-19(17)26/h4-7,10-13H,8-9H2,1-3H3,(H,25,27). The molecule has 0 saturated carbocycles. The Labute approximate surface area is 159 Å². The minimum absolute atomic E-state index is 0.196. The molecule has 1 amide bonds. The van der Waals surface area contributed by atoms with Gasteiger partial charge in [0.25, 0.3) is 5.91 Å². The predicted octanol–water partition coefficient (Wildman–Crippen LogP) is 4.35. The summed E-state index contributed by atoms with van der Waals surface area (Å²) in [6.45, 7) is 6.90. The Bertz CT molecular complexity index is 988. The minimum atomic E-state index is -0.196. The molecule has 27 heavy (non-hydrogen) atoms. The highest BCUT2D eigenvalue weighted by Gasteiger charge is 2.22. The molecule has 1 N–H and O–H groups in total. The summed E-state index contributed by atoms with van der Waals surface area (Å²) in [5.74, 6) is 0.428. The molecular formula is C22H22N4O. The maximum Gasteiger partial charge on any atom is 0.258 e.